The van der Waals surface area contributed by atoms with Crippen LogP contribution in [0.5, 0.6) is 0 Å². The Balaban J connectivity index is 2.94. The molecule has 0 spiro atoms. The van der Waals surface area contributed by atoms with Crippen molar-refractivity contribution >= 4 is 5.82 Å². The molecular formula is C8H13FN4. The average Bonchev–Trinajstić information content (AvgIpc) is 2.08. The third kappa shape index (κ3) is 2.35. The number of aromatic nitrogens is 2. The van der Waals surface area contributed by atoms with Crippen LogP contribution in [0, 0.1) is 5.82 Å². The van der Waals surface area contributed by atoms with Crippen molar-refractivity contribution in [3.8, 4) is 0 Å². The van der Waals surface area contributed by atoms with Crippen LogP contribution in [0.25, 0.3) is 0 Å². The van der Waals surface area contributed by atoms with Crippen LogP contribution in [0.4, 0.5) is 10.2 Å². The molecule has 1 N–H and O–H groups in total. The minimum Gasteiger partial charge on any atom is -0.301 e. The molecule has 1 aromatic rings. The van der Waals surface area contributed by atoms with Crippen LogP contribution in [0.15, 0.2) is 6.33 Å². The number of anilines is 1. The van der Waals surface area contributed by atoms with Crippen LogP contribution < -0.4 is 5.43 Å². The zero-order valence-electron chi connectivity index (χ0n) is 8.00. The summed E-state index contributed by atoms with van der Waals surface area (Å²) in [7, 11) is 3.54. The predicted octanol–water partition coefficient (Wildman–Crippen LogP) is 1.07. The minimum atomic E-state index is -0.376. The van der Waals surface area contributed by atoms with Crippen LogP contribution >= 0.6 is 0 Å². The van der Waals surface area contributed by atoms with Crippen molar-refractivity contribution in [2.24, 2.45) is 0 Å². The molecule has 0 unspecified atom stereocenters. The van der Waals surface area contributed by atoms with Gasteiger partial charge in [-0.2, -0.15) is 0 Å². The highest BCUT2D eigenvalue weighted by atomic mass is 19.1. The van der Waals surface area contributed by atoms with Gasteiger partial charge < -0.3 is 5.43 Å². The summed E-state index contributed by atoms with van der Waals surface area (Å²) >= 11 is 0. The van der Waals surface area contributed by atoms with Crippen molar-refractivity contribution in [3.63, 3.8) is 0 Å². The predicted molar refractivity (Wildman–Crippen MR) is 48.7 cm³/mol. The molecule has 0 atom stereocenters. The first-order valence-corrected chi connectivity index (χ1v) is 4.08. The van der Waals surface area contributed by atoms with E-state index in [4.69, 9.17) is 0 Å². The lowest BCUT2D eigenvalue weighted by Crippen LogP contribution is -2.21. The molecular weight excluding hydrogens is 171 g/mol. The molecule has 5 heteroatoms. The zero-order chi connectivity index (χ0) is 9.84. The highest BCUT2D eigenvalue weighted by molar-refractivity contribution is 5.35. The largest absolute Gasteiger partial charge is 0.301 e. The van der Waals surface area contributed by atoms with Gasteiger partial charge >= 0.3 is 0 Å². The summed E-state index contributed by atoms with van der Waals surface area (Å²) in [5.74, 6) is -0.157. The molecule has 1 rings (SSSR count). The van der Waals surface area contributed by atoms with Crippen LogP contribution in [0.3, 0.4) is 0 Å². The van der Waals surface area contributed by atoms with E-state index in [2.05, 4.69) is 15.4 Å². The normalized spacial score (nSPS) is 10.5. The van der Waals surface area contributed by atoms with Crippen molar-refractivity contribution in [2.45, 2.75) is 13.3 Å². The van der Waals surface area contributed by atoms with Crippen LogP contribution in [-0.4, -0.2) is 29.1 Å². The molecule has 0 amide bonds. The van der Waals surface area contributed by atoms with E-state index in [0.29, 0.717) is 12.1 Å². The Kier molecular flexibility index (Phi) is 3.13. The van der Waals surface area contributed by atoms with E-state index < -0.39 is 0 Å². The standard InChI is InChI=1S/C8H13FN4/c1-4-6-7(9)8(11-5-10-6)12-13(2)3/h5H,4H2,1-3H3,(H,10,11,12). The van der Waals surface area contributed by atoms with E-state index in [9.17, 15) is 4.39 Å². The minimum absolute atomic E-state index is 0.219. The molecule has 0 aromatic carbocycles. The fourth-order valence-corrected chi connectivity index (χ4v) is 0.943. The number of nitrogens with zero attached hydrogens (tertiary/aromatic N) is 3. The Morgan fingerprint density at radius 3 is 2.69 bits per heavy atom. The maximum atomic E-state index is 13.4. The summed E-state index contributed by atoms with van der Waals surface area (Å²) in [4.78, 5) is 7.61. The Hall–Kier alpha value is -1.23. The van der Waals surface area contributed by atoms with Gasteiger partial charge in [0.1, 0.15) is 6.33 Å². The number of aryl methyl sites for hydroxylation is 1. The van der Waals surface area contributed by atoms with Gasteiger partial charge in [-0.05, 0) is 6.42 Å². The third-order valence-corrected chi connectivity index (χ3v) is 1.53. The Morgan fingerprint density at radius 2 is 2.15 bits per heavy atom. The number of rotatable bonds is 3. The highest BCUT2D eigenvalue weighted by Gasteiger charge is 2.08. The first-order chi connectivity index (χ1) is 6.15. The van der Waals surface area contributed by atoms with Crippen molar-refractivity contribution < 1.29 is 4.39 Å². The molecule has 0 fully saturated rings. The SMILES string of the molecule is CCc1ncnc(NN(C)C)c1F. The smallest absolute Gasteiger partial charge is 0.188 e. The molecule has 0 radical (unpaired) electrons. The van der Waals surface area contributed by atoms with Crippen LogP contribution in [0.2, 0.25) is 0 Å². The fourth-order valence-electron chi connectivity index (χ4n) is 0.943. The second-order valence-electron chi connectivity index (χ2n) is 2.84. The molecule has 1 aromatic heterocycles. The number of nitrogens with one attached hydrogen (secondary N) is 1. The zero-order valence-corrected chi connectivity index (χ0v) is 8.00. The van der Waals surface area contributed by atoms with Gasteiger partial charge in [0, 0.05) is 14.1 Å². The van der Waals surface area contributed by atoms with Gasteiger partial charge in [0.05, 0.1) is 5.69 Å². The Morgan fingerprint density at radius 1 is 1.46 bits per heavy atom. The van der Waals surface area contributed by atoms with Crippen LogP contribution in [-0.2, 0) is 6.42 Å². The van der Waals surface area contributed by atoms with Crippen molar-refractivity contribution in [1.29, 1.82) is 0 Å². The van der Waals surface area contributed by atoms with Crippen LogP contribution in [0.1, 0.15) is 12.6 Å². The van der Waals surface area contributed by atoms with Gasteiger partial charge in [-0.15, -0.1) is 0 Å². The van der Waals surface area contributed by atoms with E-state index >= 15 is 0 Å². The van der Waals surface area contributed by atoms with Crippen molar-refractivity contribution in [1.82, 2.24) is 15.0 Å². The monoisotopic (exact) mass is 184 g/mol. The van der Waals surface area contributed by atoms with Gasteiger partial charge in [0.25, 0.3) is 0 Å². The Labute approximate surface area is 76.8 Å². The van der Waals surface area contributed by atoms with Crippen molar-refractivity contribution in [3.05, 3.63) is 17.8 Å². The first kappa shape index (κ1) is 9.85. The lowest BCUT2D eigenvalue weighted by molar-refractivity contribution is 0.480. The third-order valence-electron chi connectivity index (χ3n) is 1.53. The highest BCUT2D eigenvalue weighted by Crippen LogP contribution is 2.12. The van der Waals surface area contributed by atoms with E-state index in [1.54, 1.807) is 19.1 Å². The second kappa shape index (κ2) is 4.13. The van der Waals surface area contributed by atoms with E-state index in [0.717, 1.165) is 0 Å². The van der Waals surface area contributed by atoms with Gasteiger partial charge in [0.2, 0.25) is 0 Å². The lowest BCUT2D eigenvalue weighted by atomic mass is 10.3. The van der Waals surface area contributed by atoms with Gasteiger partial charge in [-0.25, -0.2) is 19.4 Å². The summed E-state index contributed by atoms with van der Waals surface area (Å²) in [6, 6.07) is 0. The second-order valence-corrected chi connectivity index (χ2v) is 2.84. The summed E-state index contributed by atoms with van der Waals surface area (Å²) in [5.41, 5.74) is 3.18. The van der Waals surface area contributed by atoms with E-state index in [1.807, 2.05) is 6.92 Å². The first-order valence-electron chi connectivity index (χ1n) is 4.08. The molecule has 72 valence electrons. The summed E-state index contributed by atoms with van der Waals surface area (Å²) in [5, 5.41) is 1.63. The number of hydrogen-bond acceptors (Lipinski definition) is 4. The molecule has 0 aliphatic heterocycles. The fraction of sp³-hybridized carbons (Fsp3) is 0.500. The van der Waals surface area contributed by atoms with Crippen molar-refractivity contribution in [2.75, 3.05) is 19.5 Å². The number of hydrogen-bond donors (Lipinski definition) is 1. The molecule has 0 aliphatic rings. The van der Waals surface area contributed by atoms with E-state index in [-0.39, 0.29) is 11.6 Å². The molecule has 13 heavy (non-hydrogen) atoms. The number of halogens is 1. The maximum absolute atomic E-state index is 13.4. The maximum Gasteiger partial charge on any atom is 0.188 e. The summed E-state index contributed by atoms with van der Waals surface area (Å²) in [6.07, 6.45) is 1.92. The topological polar surface area (TPSA) is 41.1 Å². The molecule has 0 saturated carbocycles. The molecule has 4 nitrogen and oxygen atoms in total. The lowest BCUT2D eigenvalue weighted by Gasteiger charge is -2.13. The number of hydrazine groups is 1. The van der Waals surface area contributed by atoms with Gasteiger partial charge in [-0.1, -0.05) is 6.92 Å². The summed E-state index contributed by atoms with van der Waals surface area (Å²) in [6.45, 7) is 1.85. The summed E-state index contributed by atoms with van der Waals surface area (Å²) < 4.78 is 13.4. The molecule has 0 bridgehead atoms. The Bertz CT molecular complexity index is 287. The average molecular weight is 184 g/mol. The van der Waals surface area contributed by atoms with E-state index in [1.165, 1.54) is 6.33 Å². The van der Waals surface area contributed by atoms with Gasteiger partial charge in [-0.3, -0.25) is 0 Å². The molecule has 1 heterocycles. The van der Waals surface area contributed by atoms with Gasteiger partial charge in [0.15, 0.2) is 11.6 Å². The quantitative estimate of drug-likeness (QED) is 0.713. The molecule has 0 aliphatic carbocycles. The molecule has 0 saturated heterocycles.